The molecule has 1 atom stereocenters. The number of nitrogens with zero attached hydrogens (tertiary/aromatic N) is 1. The van der Waals surface area contributed by atoms with E-state index in [1.54, 1.807) is 11.8 Å². The molecule has 1 amide bonds. The quantitative estimate of drug-likeness (QED) is 0.223. The lowest BCUT2D eigenvalue weighted by Gasteiger charge is -2.25. The van der Waals surface area contributed by atoms with Crippen molar-refractivity contribution in [3.05, 3.63) is 98.6 Å². The molecule has 0 saturated carbocycles. The first-order valence-corrected chi connectivity index (χ1v) is 11.9. The number of hydrogen-bond donors (Lipinski definition) is 2. The van der Waals surface area contributed by atoms with E-state index in [-0.39, 0.29) is 11.3 Å². The van der Waals surface area contributed by atoms with Crippen molar-refractivity contribution in [3.8, 4) is 0 Å². The summed E-state index contributed by atoms with van der Waals surface area (Å²) in [5, 5.41) is 14.1. The largest absolute Gasteiger partial charge is 0.507 e. The number of likely N-dealkylation sites (tertiary alicyclic amines) is 1. The van der Waals surface area contributed by atoms with E-state index >= 15 is 0 Å². The second-order valence-corrected chi connectivity index (χ2v) is 9.48. The van der Waals surface area contributed by atoms with Crippen molar-refractivity contribution in [2.75, 3.05) is 6.54 Å². The molecular formula is C27H23FN2O3S. The number of carbonyl (C=O) groups is 2. The maximum Gasteiger partial charge on any atom is 0.295 e. The minimum absolute atomic E-state index is 0.0421. The molecule has 7 heteroatoms. The Labute approximate surface area is 200 Å². The van der Waals surface area contributed by atoms with Crippen molar-refractivity contribution in [3.63, 3.8) is 0 Å². The number of fused-ring (bicyclic) bond motifs is 1. The zero-order valence-electron chi connectivity index (χ0n) is 18.8. The first kappa shape index (κ1) is 22.1. The minimum Gasteiger partial charge on any atom is -0.507 e. The number of aryl methyl sites for hydroxylation is 2. The van der Waals surface area contributed by atoms with E-state index in [9.17, 15) is 19.1 Å². The van der Waals surface area contributed by atoms with E-state index < -0.39 is 23.5 Å². The molecule has 5 rings (SSSR count). The van der Waals surface area contributed by atoms with Gasteiger partial charge in [-0.1, -0.05) is 18.2 Å². The van der Waals surface area contributed by atoms with Gasteiger partial charge in [-0.3, -0.25) is 9.59 Å². The summed E-state index contributed by atoms with van der Waals surface area (Å²) in [6, 6.07) is 13.3. The Kier molecular flexibility index (Phi) is 5.57. The number of aliphatic hydroxyl groups is 1. The van der Waals surface area contributed by atoms with Crippen LogP contribution in [0.2, 0.25) is 0 Å². The van der Waals surface area contributed by atoms with Crippen LogP contribution in [0.3, 0.4) is 0 Å². The van der Waals surface area contributed by atoms with Crippen LogP contribution < -0.4 is 0 Å². The summed E-state index contributed by atoms with van der Waals surface area (Å²) in [5.74, 6) is -2.05. The first-order chi connectivity index (χ1) is 16.4. The highest BCUT2D eigenvalue weighted by Gasteiger charge is 2.46. The third-order valence-electron chi connectivity index (χ3n) is 6.42. The first-order valence-electron chi connectivity index (χ1n) is 11.0. The number of carbonyl (C=O) groups excluding carboxylic acids is 2. The van der Waals surface area contributed by atoms with Crippen LogP contribution in [0.1, 0.15) is 33.2 Å². The van der Waals surface area contributed by atoms with Crippen molar-refractivity contribution < 1.29 is 19.1 Å². The molecule has 1 aliphatic heterocycles. The number of Topliss-reactive ketones (excluding diaryl/α,β-unsaturated/α-hetero) is 1. The van der Waals surface area contributed by atoms with Crippen LogP contribution in [0.4, 0.5) is 4.39 Å². The van der Waals surface area contributed by atoms with Gasteiger partial charge in [0.1, 0.15) is 11.6 Å². The maximum absolute atomic E-state index is 13.8. The van der Waals surface area contributed by atoms with Crippen LogP contribution >= 0.6 is 11.3 Å². The number of benzene rings is 2. The molecule has 1 saturated heterocycles. The fourth-order valence-corrected chi connectivity index (χ4v) is 5.62. The molecule has 0 spiro atoms. The minimum atomic E-state index is -0.726. The van der Waals surface area contributed by atoms with E-state index in [1.807, 2.05) is 48.8 Å². The molecule has 1 aliphatic rings. The van der Waals surface area contributed by atoms with Gasteiger partial charge in [0.15, 0.2) is 0 Å². The van der Waals surface area contributed by atoms with Gasteiger partial charge in [0.2, 0.25) is 0 Å². The third kappa shape index (κ3) is 3.62. The third-order valence-corrected chi connectivity index (χ3v) is 7.49. The molecule has 2 aromatic heterocycles. The molecule has 2 N–H and O–H groups in total. The molecule has 0 bridgehead atoms. The van der Waals surface area contributed by atoms with Gasteiger partial charge < -0.3 is 15.0 Å². The second kappa shape index (κ2) is 8.57. The number of rotatable bonds is 5. The van der Waals surface area contributed by atoms with E-state index in [2.05, 4.69) is 4.98 Å². The highest BCUT2D eigenvalue weighted by Crippen LogP contribution is 2.42. The lowest BCUT2D eigenvalue weighted by molar-refractivity contribution is -0.139. The highest BCUT2D eigenvalue weighted by atomic mass is 32.1. The molecule has 5 nitrogen and oxygen atoms in total. The number of nitrogens with one attached hydrogen (secondary N) is 1. The number of amides is 1. The Morgan fingerprint density at radius 2 is 1.91 bits per heavy atom. The Morgan fingerprint density at radius 1 is 1.12 bits per heavy atom. The Hall–Kier alpha value is -3.71. The van der Waals surface area contributed by atoms with Gasteiger partial charge in [-0.25, -0.2) is 4.39 Å². The number of hydrogen-bond acceptors (Lipinski definition) is 4. The van der Waals surface area contributed by atoms with Gasteiger partial charge in [0.25, 0.3) is 11.7 Å². The number of aromatic nitrogens is 1. The highest BCUT2D eigenvalue weighted by molar-refractivity contribution is 7.10. The van der Waals surface area contributed by atoms with Crippen molar-refractivity contribution >= 4 is 39.7 Å². The summed E-state index contributed by atoms with van der Waals surface area (Å²) < 4.78 is 13.8. The molecule has 172 valence electrons. The fourth-order valence-electron chi connectivity index (χ4n) is 4.57. The number of aromatic amines is 1. The van der Waals surface area contributed by atoms with E-state index in [4.69, 9.17) is 0 Å². The summed E-state index contributed by atoms with van der Waals surface area (Å²) >= 11 is 1.44. The van der Waals surface area contributed by atoms with Crippen LogP contribution in [0.15, 0.2) is 65.7 Å². The molecule has 4 aromatic rings. The van der Waals surface area contributed by atoms with Gasteiger partial charge in [-0.05, 0) is 72.7 Å². The molecular weight excluding hydrogens is 451 g/mol. The summed E-state index contributed by atoms with van der Waals surface area (Å²) in [6.07, 6.45) is 2.47. The standard InChI is InChI=1S/C27H23FN2O3S/c1-15-10-12-34-26(15)23-22(24(31)17-7-8-20(28)16(2)13-17)25(32)27(33)30(23)11-9-18-14-29-21-6-4-3-5-19(18)21/h3-8,10,12-14,23,29,31H,9,11H2,1-2H3/b24-22-. The smallest absolute Gasteiger partial charge is 0.295 e. The number of H-pyrrole nitrogens is 1. The molecule has 0 aliphatic carbocycles. The van der Waals surface area contributed by atoms with Crippen LogP contribution in [0, 0.1) is 19.7 Å². The number of para-hydroxylation sites is 1. The van der Waals surface area contributed by atoms with Crippen LogP contribution in [-0.4, -0.2) is 33.2 Å². The second-order valence-electron chi connectivity index (χ2n) is 8.53. The summed E-state index contributed by atoms with van der Waals surface area (Å²) in [4.78, 5) is 32.0. The fraction of sp³-hybridized carbons (Fsp3) is 0.185. The Morgan fingerprint density at radius 3 is 2.65 bits per heavy atom. The zero-order chi connectivity index (χ0) is 24.0. The Balaban J connectivity index is 1.57. The van der Waals surface area contributed by atoms with Crippen LogP contribution in [-0.2, 0) is 16.0 Å². The lowest BCUT2D eigenvalue weighted by atomic mass is 9.97. The van der Waals surface area contributed by atoms with Crippen LogP contribution in [0.25, 0.3) is 16.7 Å². The molecule has 3 heterocycles. The normalized spacial score (nSPS) is 17.7. The Bertz CT molecular complexity index is 1470. The monoisotopic (exact) mass is 474 g/mol. The van der Waals surface area contributed by atoms with E-state index in [1.165, 1.54) is 29.5 Å². The zero-order valence-corrected chi connectivity index (χ0v) is 19.6. The lowest BCUT2D eigenvalue weighted by Crippen LogP contribution is -2.31. The van der Waals surface area contributed by atoms with E-state index in [0.29, 0.717) is 24.1 Å². The summed E-state index contributed by atoms with van der Waals surface area (Å²) in [6.45, 7) is 3.83. The van der Waals surface area contributed by atoms with Gasteiger partial charge in [0, 0.05) is 34.1 Å². The van der Waals surface area contributed by atoms with Crippen LogP contribution in [0.5, 0.6) is 0 Å². The van der Waals surface area contributed by atoms with Crippen molar-refractivity contribution in [1.82, 2.24) is 9.88 Å². The average Bonchev–Trinajstić information content (AvgIpc) is 3.51. The van der Waals surface area contributed by atoms with Gasteiger partial charge in [-0.15, -0.1) is 11.3 Å². The predicted octanol–water partition coefficient (Wildman–Crippen LogP) is 5.65. The SMILES string of the molecule is Cc1cc(/C(O)=C2/C(=O)C(=O)N(CCc3c[nH]c4ccccc34)C2c2sccc2C)ccc1F. The maximum atomic E-state index is 13.8. The predicted molar refractivity (Wildman–Crippen MR) is 131 cm³/mol. The topological polar surface area (TPSA) is 73.4 Å². The number of ketones is 1. The van der Waals surface area contributed by atoms with Crippen molar-refractivity contribution in [1.29, 1.82) is 0 Å². The van der Waals surface area contributed by atoms with Gasteiger partial charge in [-0.2, -0.15) is 0 Å². The number of halogens is 1. The molecule has 0 radical (unpaired) electrons. The average molecular weight is 475 g/mol. The van der Waals surface area contributed by atoms with Gasteiger partial charge >= 0.3 is 0 Å². The molecule has 34 heavy (non-hydrogen) atoms. The van der Waals surface area contributed by atoms with Crippen molar-refractivity contribution in [2.45, 2.75) is 26.3 Å². The number of aliphatic hydroxyl groups excluding tert-OH is 1. The van der Waals surface area contributed by atoms with Gasteiger partial charge in [0.05, 0.1) is 11.6 Å². The molecule has 1 unspecified atom stereocenters. The summed E-state index contributed by atoms with van der Waals surface area (Å²) in [5.41, 5.74) is 3.70. The molecule has 1 fully saturated rings. The van der Waals surface area contributed by atoms with Crippen molar-refractivity contribution in [2.24, 2.45) is 0 Å². The van der Waals surface area contributed by atoms with E-state index in [0.717, 1.165) is 26.9 Å². The molecule has 2 aromatic carbocycles. The number of thiophene rings is 1. The summed E-state index contributed by atoms with van der Waals surface area (Å²) in [7, 11) is 0.